The predicted octanol–water partition coefficient (Wildman–Crippen LogP) is 1.33. The molecular weight excluding hydrogens is 246 g/mol. The van der Waals surface area contributed by atoms with E-state index in [-0.39, 0.29) is 5.75 Å². The summed E-state index contributed by atoms with van der Waals surface area (Å²) in [5.74, 6) is 0.161. The lowest BCUT2D eigenvalue weighted by Crippen LogP contribution is -2.35. The zero-order valence-electron chi connectivity index (χ0n) is 10.5. The number of phenols is 1. The number of phenolic OH excluding ortho intramolecular Hbond substituents is 1. The first-order valence-electron chi connectivity index (χ1n) is 6.29. The Kier molecular flexibility index (Phi) is 3.23. The molecule has 1 saturated heterocycles. The van der Waals surface area contributed by atoms with E-state index in [1.807, 2.05) is 0 Å². The average Bonchev–Trinajstić information content (AvgIpc) is 2.43. The summed E-state index contributed by atoms with van der Waals surface area (Å²) in [6.45, 7) is 3.56. The maximum absolute atomic E-state index is 11.4. The SMILES string of the molecule is O=c1ccc2ccc(O)c(CN3CCOCC3)c2o1. The number of fused-ring (bicyclic) bond motifs is 1. The molecule has 0 unspecified atom stereocenters. The first-order valence-corrected chi connectivity index (χ1v) is 6.29. The summed E-state index contributed by atoms with van der Waals surface area (Å²) in [6, 6.07) is 6.48. The maximum Gasteiger partial charge on any atom is 0.336 e. The van der Waals surface area contributed by atoms with Crippen LogP contribution in [0.25, 0.3) is 11.0 Å². The molecule has 2 heterocycles. The van der Waals surface area contributed by atoms with Gasteiger partial charge in [-0.1, -0.05) is 0 Å². The topological polar surface area (TPSA) is 62.9 Å². The van der Waals surface area contributed by atoms with Gasteiger partial charge in [-0.3, -0.25) is 4.90 Å². The third kappa shape index (κ3) is 2.47. The van der Waals surface area contributed by atoms with E-state index in [4.69, 9.17) is 9.15 Å². The van der Waals surface area contributed by atoms with Crippen molar-refractivity contribution < 1.29 is 14.3 Å². The van der Waals surface area contributed by atoms with E-state index in [9.17, 15) is 9.90 Å². The Morgan fingerprint density at radius 1 is 1.16 bits per heavy atom. The molecule has 5 nitrogen and oxygen atoms in total. The first-order chi connectivity index (χ1) is 9.24. The highest BCUT2D eigenvalue weighted by Gasteiger charge is 2.16. The van der Waals surface area contributed by atoms with Gasteiger partial charge in [-0.15, -0.1) is 0 Å². The van der Waals surface area contributed by atoms with E-state index in [0.717, 1.165) is 18.5 Å². The van der Waals surface area contributed by atoms with Gasteiger partial charge in [-0.05, 0) is 18.2 Å². The molecule has 0 bridgehead atoms. The van der Waals surface area contributed by atoms with Gasteiger partial charge >= 0.3 is 5.63 Å². The number of hydrogen-bond donors (Lipinski definition) is 1. The number of rotatable bonds is 2. The second-order valence-electron chi connectivity index (χ2n) is 4.62. The third-order valence-electron chi connectivity index (χ3n) is 3.35. The molecule has 0 saturated carbocycles. The van der Waals surface area contributed by atoms with Crippen LogP contribution < -0.4 is 5.63 Å². The minimum absolute atomic E-state index is 0.161. The van der Waals surface area contributed by atoms with Gasteiger partial charge in [-0.2, -0.15) is 0 Å². The van der Waals surface area contributed by atoms with Gasteiger partial charge in [0.15, 0.2) is 0 Å². The lowest BCUT2D eigenvalue weighted by atomic mass is 10.1. The zero-order valence-corrected chi connectivity index (χ0v) is 10.5. The Morgan fingerprint density at radius 2 is 1.89 bits per heavy atom. The number of benzene rings is 1. The highest BCUT2D eigenvalue weighted by molar-refractivity contribution is 5.81. The maximum atomic E-state index is 11.4. The summed E-state index contributed by atoms with van der Waals surface area (Å²) < 4.78 is 10.5. The molecule has 0 atom stereocenters. The Labute approximate surface area is 110 Å². The number of nitrogens with zero attached hydrogens (tertiary/aromatic N) is 1. The van der Waals surface area contributed by atoms with Gasteiger partial charge in [0.05, 0.1) is 18.8 Å². The fourth-order valence-corrected chi connectivity index (χ4v) is 2.32. The van der Waals surface area contributed by atoms with E-state index < -0.39 is 5.63 Å². The highest BCUT2D eigenvalue weighted by Crippen LogP contribution is 2.27. The van der Waals surface area contributed by atoms with Crippen LogP contribution in [0.5, 0.6) is 5.75 Å². The molecule has 0 amide bonds. The standard InChI is InChI=1S/C14H15NO4/c16-12-3-1-10-2-4-13(17)19-14(10)11(12)9-15-5-7-18-8-6-15/h1-4,16H,5-9H2. The molecule has 0 aliphatic carbocycles. The highest BCUT2D eigenvalue weighted by atomic mass is 16.5. The number of hydrogen-bond acceptors (Lipinski definition) is 5. The van der Waals surface area contributed by atoms with Crippen LogP contribution in [0.1, 0.15) is 5.56 Å². The van der Waals surface area contributed by atoms with Crippen molar-refractivity contribution in [1.82, 2.24) is 4.90 Å². The summed E-state index contributed by atoms with van der Waals surface area (Å²) in [5.41, 5.74) is 0.734. The van der Waals surface area contributed by atoms with Crippen molar-refractivity contribution in [2.45, 2.75) is 6.54 Å². The molecular formula is C14H15NO4. The minimum Gasteiger partial charge on any atom is -0.507 e. The fourth-order valence-electron chi connectivity index (χ4n) is 2.32. The van der Waals surface area contributed by atoms with Crippen LogP contribution in [0.2, 0.25) is 0 Å². The normalized spacial score (nSPS) is 16.8. The molecule has 1 fully saturated rings. The largest absolute Gasteiger partial charge is 0.507 e. The summed E-state index contributed by atoms with van der Waals surface area (Å²) in [6.07, 6.45) is 0. The molecule has 0 radical (unpaired) electrons. The van der Waals surface area contributed by atoms with E-state index in [0.29, 0.717) is 30.9 Å². The van der Waals surface area contributed by atoms with Crippen molar-refractivity contribution in [2.24, 2.45) is 0 Å². The lowest BCUT2D eigenvalue weighted by Gasteiger charge is -2.26. The lowest BCUT2D eigenvalue weighted by molar-refractivity contribution is 0.0339. The quantitative estimate of drug-likeness (QED) is 0.826. The van der Waals surface area contributed by atoms with E-state index in [2.05, 4.69) is 4.90 Å². The monoisotopic (exact) mass is 261 g/mol. The van der Waals surface area contributed by atoms with Crippen molar-refractivity contribution in [3.05, 3.63) is 40.2 Å². The van der Waals surface area contributed by atoms with Crippen LogP contribution in [0, 0.1) is 0 Å². The molecule has 5 heteroatoms. The second kappa shape index (κ2) is 5.03. The van der Waals surface area contributed by atoms with E-state index >= 15 is 0 Å². The minimum atomic E-state index is -0.402. The van der Waals surface area contributed by atoms with Crippen LogP contribution in [0.4, 0.5) is 0 Å². The van der Waals surface area contributed by atoms with E-state index in [1.54, 1.807) is 18.2 Å². The van der Waals surface area contributed by atoms with Crippen molar-refractivity contribution in [2.75, 3.05) is 26.3 Å². The average molecular weight is 261 g/mol. The van der Waals surface area contributed by atoms with Crippen molar-refractivity contribution in [3.63, 3.8) is 0 Å². The Morgan fingerprint density at radius 3 is 2.68 bits per heavy atom. The molecule has 1 aromatic heterocycles. The van der Waals surface area contributed by atoms with Crippen LogP contribution >= 0.6 is 0 Å². The van der Waals surface area contributed by atoms with Gasteiger partial charge in [0.25, 0.3) is 0 Å². The number of aromatic hydroxyl groups is 1. The Bertz CT molecular complexity index is 643. The second-order valence-corrected chi connectivity index (χ2v) is 4.62. The molecule has 1 aliphatic heterocycles. The Balaban J connectivity index is 2.02. The summed E-state index contributed by atoms with van der Waals surface area (Å²) in [7, 11) is 0. The summed E-state index contributed by atoms with van der Waals surface area (Å²) in [5, 5.41) is 10.8. The molecule has 1 N–H and O–H groups in total. The van der Waals surface area contributed by atoms with Crippen LogP contribution in [0.15, 0.2) is 33.5 Å². The number of morpholine rings is 1. The summed E-state index contributed by atoms with van der Waals surface area (Å²) in [4.78, 5) is 13.5. The van der Waals surface area contributed by atoms with Gasteiger partial charge < -0.3 is 14.3 Å². The van der Waals surface area contributed by atoms with Gasteiger partial charge in [0, 0.05) is 31.1 Å². The van der Waals surface area contributed by atoms with Crippen LogP contribution in [0.3, 0.4) is 0 Å². The van der Waals surface area contributed by atoms with Crippen molar-refractivity contribution >= 4 is 11.0 Å². The predicted molar refractivity (Wildman–Crippen MR) is 70.2 cm³/mol. The third-order valence-corrected chi connectivity index (χ3v) is 3.35. The molecule has 0 spiro atoms. The van der Waals surface area contributed by atoms with Gasteiger partial charge in [-0.25, -0.2) is 4.79 Å². The first kappa shape index (κ1) is 12.2. The molecule has 1 aliphatic rings. The van der Waals surface area contributed by atoms with Gasteiger partial charge in [0.2, 0.25) is 0 Å². The molecule has 19 heavy (non-hydrogen) atoms. The van der Waals surface area contributed by atoms with Crippen LogP contribution in [-0.4, -0.2) is 36.3 Å². The Hall–Kier alpha value is -1.85. The van der Waals surface area contributed by atoms with E-state index in [1.165, 1.54) is 6.07 Å². The smallest absolute Gasteiger partial charge is 0.336 e. The number of ether oxygens (including phenoxy) is 1. The molecule has 3 rings (SSSR count). The van der Waals surface area contributed by atoms with Crippen molar-refractivity contribution in [3.8, 4) is 5.75 Å². The van der Waals surface area contributed by atoms with Crippen molar-refractivity contribution in [1.29, 1.82) is 0 Å². The van der Waals surface area contributed by atoms with Crippen LogP contribution in [-0.2, 0) is 11.3 Å². The molecule has 2 aromatic rings. The zero-order chi connectivity index (χ0) is 13.2. The van der Waals surface area contributed by atoms with Gasteiger partial charge in [0.1, 0.15) is 11.3 Å². The summed E-state index contributed by atoms with van der Waals surface area (Å²) >= 11 is 0. The molecule has 1 aromatic carbocycles. The fraction of sp³-hybridized carbons (Fsp3) is 0.357. The molecule has 100 valence electrons.